The molecule has 0 aromatic heterocycles. The largest absolute Gasteiger partial charge is 0.383 e. The molecule has 2 heterocycles. The van der Waals surface area contributed by atoms with Crippen LogP contribution in [0, 0.1) is 11.3 Å². The van der Waals surface area contributed by atoms with Gasteiger partial charge in [-0.2, -0.15) is 0 Å². The molecule has 2 saturated heterocycles. The number of nitrogens with zero attached hydrogens (tertiary/aromatic N) is 2. The Morgan fingerprint density at radius 3 is 2.90 bits per heavy atom. The molecule has 20 heavy (non-hydrogen) atoms. The molecule has 0 aromatic carbocycles. The molecule has 112 valence electrons. The summed E-state index contributed by atoms with van der Waals surface area (Å²) < 4.78 is 10.4. The van der Waals surface area contributed by atoms with Gasteiger partial charge in [0.15, 0.2) is 0 Å². The predicted molar refractivity (Wildman–Crippen MR) is 70.8 cm³/mol. The summed E-state index contributed by atoms with van der Waals surface area (Å²) in [6.07, 6.45) is 2.94. The van der Waals surface area contributed by atoms with E-state index in [-0.39, 0.29) is 29.7 Å². The van der Waals surface area contributed by atoms with E-state index in [1.807, 2.05) is 0 Å². The van der Waals surface area contributed by atoms with Crippen molar-refractivity contribution in [1.82, 2.24) is 9.80 Å². The van der Waals surface area contributed by atoms with Crippen LogP contribution in [-0.4, -0.2) is 68.3 Å². The Hall–Kier alpha value is -1.14. The number of methoxy groups -OCH3 is 1. The molecule has 0 bridgehead atoms. The van der Waals surface area contributed by atoms with Gasteiger partial charge in [-0.25, -0.2) is 0 Å². The first-order chi connectivity index (χ1) is 9.66. The minimum atomic E-state index is 0.0251. The summed E-state index contributed by atoms with van der Waals surface area (Å²) >= 11 is 0. The molecule has 1 atom stereocenters. The number of amides is 2. The number of hydrogen-bond acceptors (Lipinski definition) is 4. The van der Waals surface area contributed by atoms with Crippen LogP contribution in [0.15, 0.2) is 0 Å². The van der Waals surface area contributed by atoms with Gasteiger partial charge in [-0.1, -0.05) is 0 Å². The Bertz CT molecular complexity index is 406. The van der Waals surface area contributed by atoms with Crippen LogP contribution in [0.3, 0.4) is 0 Å². The van der Waals surface area contributed by atoms with Crippen molar-refractivity contribution < 1.29 is 19.1 Å². The molecule has 0 radical (unpaired) electrons. The molecule has 6 heteroatoms. The highest BCUT2D eigenvalue weighted by Crippen LogP contribution is 2.59. The van der Waals surface area contributed by atoms with Gasteiger partial charge in [-0.15, -0.1) is 0 Å². The molecule has 6 nitrogen and oxygen atoms in total. The Balaban J connectivity index is 1.55. The van der Waals surface area contributed by atoms with Crippen molar-refractivity contribution in [3.05, 3.63) is 0 Å². The lowest BCUT2D eigenvalue weighted by atomic mass is 9.93. The zero-order valence-corrected chi connectivity index (χ0v) is 12.0. The van der Waals surface area contributed by atoms with E-state index in [1.165, 1.54) is 0 Å². The average molecular weight is 282 g/mol. The smallest absolute Gasteiger partial charge is 0.243 e. The molecule has 1 unspecified atom stereocenters. The maximum atomic E-state index is 12.5. The number of carbonyl (C=O) groups is 2. The van der Waals surface area contributed by atoms with Gasteiger partial charge in [0, 0.05) is 32.8 Å². The third-order valence-corrected chi connectivity index (χ3v) is 4.87. The van der Waals surface area contributed by atoms with Crippen LogP contribution < -0.4 is 0 Å². The summed E-state index contributed by atoms with van der Waals surface area (Å²) in [5.41, 5.74) is 0.179. The van der Waals surface area contributed by atoms with E-state index in [0.717, 1.165) is 32.5 Å². The molecule has 3 rings (SSSR count). The second-order valence-corrected chi connectivity index (χ2v) is 6.06. The van der Waals surface area contributed by atoms with Gasteiger partial charge in [-0.05, 0) is 24.7 Å². The highest BCUT2D eigenvalue weighted by atomic mass is 16.5. The van der Waals surface area contributed by atoms with Gasteiger partial charge in [0.25, 0.3) is 0 Å². The first-order valence-electron chi connectivity index (χ1n) is 7.29. The average Bonchev–Trinajstić information content (AvgIpc) is 3.01. The van der Waals surface area contributed by atoms with Crippen LogP contribution in [0.4, 0.5) is 0 Å². The standard InChI is InChI=1S/C14H22N2O4/c1-19-7-4-15-10-16(9-12(15)17)13(18)11-8-14(11)2-5-20-6-3-14/h11H,2-10H2,1H3. The van der Waals surface area contributed by atoms with E-state index in [9.17, 15) is 9.59 Å². The zero-order valence-electron chi connectivity index (χ0n) is 12.0. The molecule has 2 aliphatic heterocycles. The Labute approximate surface area is 119 Å². The van der Waals surface area contributed by atoms with Crippen LogP contribution in [0.5, 0.6) is 0 Å². The summed E-state index contributed by atoms with van der Waals surface area (Å²) in [7, 11) is 1.61. The van der Waals surface area contributed by atoms with Crippen molar-refractivity contribution in [2.24, 2.45) is 11.3 Å². The molecule has 1 saturated carbocycles. The first-order valence-corrected chi connectivity index (χ1v) is 7.29. The minimum absolute atomic E-state index is 0.0251. The monoisotopic (exact) mass is 282 g/mol. The van der Waals surface area contributed by atoms with Crippen molar-refractivity contribution in [2.75, 3.05) is 46.7 Å². The van der Waals surface area contributed by atoms with Crippen LogP contribution in [0.25, 0.3) is 0 Å². The summed E-state index contributed by atoms with van der Waals surface area (Å²) in [6.45, 7) is 3.25. The van der Waals surface area contributed by atoms with E-state index in [2.05, 4.69) is 0 Å². The van der Waals surface area contributed by atoms with Gasteiger partial charge in [-0.3, -0.25) is 9.59 Å². The molecule has 1 spiro atoms. The van der Waals surface area contributed by atoms with Crippen LogP contribution in [0.2, 0.25) is 0 Å². The summed E-state index contributed by atoms with van der Waals surface area (Å²) in [5, 5.41) is 0. The lowest BCUT2D eigenvalue weighted by Gasteiger charge is -2.24. The van der Waals surface area contributed by atoms with Gasteiger partial charge in [0.05, 0.1) is 13.3 Å². The zero-order chi connectivity index (χ0) is 14.2. The molecular formula is C14H22N2O4. The maximum Gasteiger partial charge on any atom is 0.243 e. The topological polar surface area (TPSA) is 59.1 Å². The van der Waals surface area contributed by atoms with E-state index in [0.29, 0.717) is 19.8 Å². The fourth-order valence-corrected chi connectivity index (χ4v) is 3.39. The number of carbonyl (C=O) groups excluding carboxylic acids is 2. The van der Waals surface area contributed by atoms with E-state index in [1.54, 1.807) is 16.9 Å². The second kappa shape index (κ2) is 5.33. The Morgan fingerprint density at radius 2 is 2.20 bits per heavy atom. The van der Waals surface area contributed by atoms with E-state index in [4.69, 9.17) is 9.47 Å². The molecule has 1 aliphatic carbocycles. The third-order valence-electron chi connectivity index (χ3n) is 4.87. The normalized spacial score (nSPS) is 28.2. The van der Waals surface area contributed by atoms with Crippen LogP contribution in [-0.2, 0) is 19.1 Å². The Kier molecular flexibility index (Phi) is 3.69. The van der Waals surface area contributed by atoms with Crippen molar-refractivity contribution >= 4 is 11.8 Å². The molecule has 3 fully saturated rings. The molecule has 0 N–H and O–H groups in total. The highest BCUT2D eigenvalue weighted by molar-refractivity contribution is 5.90. The second-order valence-electron chi connectivity index (χ2n) is 6.06. The summed E-state index contributed by atoms with van der Waals surface area (Å²) in [6, 6.07) is 0. The molecule has 3 aliphatic rings. The molecular weight excluding hydrogens is 260 g/mol. The molecule has 2 amide bonds. The van der Waals surface area contributed by atoms with Gasteiger partial charge in [0.2, 0.25) is 11.8 Å². The first kappa shape index (κ1) is 13.8. The lowest BCUT2D eigenvalue weighted by molar-refractivity contribution is -0.134. The predicted octanol–water partition coefficient (Wildman–Crippen LogP) is 0.0778. The number of rotatable bonds is 4. The van der Waals surface area contributed by atoms with Gasteiger partial charge >= 0.3 is 0 Å². The quantitative estimate of drug-likeness (QED) is 0.732. The lowest BCUT2D eigenvalue weighted by Crippen LogP contribution is -2.35. The van der Waals surface area contributed by atoms with Gasteiger partial charge in [0.1, 0.15) is 6.54 Å². The van der Waals surface area contributed by atoms with Crippen LogP contribution >= 0.6 is 0 Å². The number of hydrogen-bond donors (Lipinski definition) is 0. The minimum Gasteiger partial charge on any atom is -0.383 e. The Morgan fingerprint density at radius 1 is 1.45 bits per heavy atom. The van der Waals surface area contributed by atoms with Crippen molar-refractivity contribution in [1.29, 1.82) is 0 Å². The number of ether oxygens (including phenoxy) is 2. The van der Waals surface area contributed by atoms with Crippen LogP contribution in [0.1, 0.15) is 19.3 Å². The maximum absolute atomic E-state index is 12.5. The van der Waals surface area contributed by atoms with E-state index >= 15 is 0 Å². The summed E-state index contributed by atoms with van der Waals surface area (Å²) in [4.78, 5) is 27.8. The SMILES string of the molecule is COCCN1CN(C(=O)C2CC23CCOCC3)CC1=O. The highest BCUT2D eigenvalue weighted by Gasteiger charge is 2.59. The van der Waals surface area contributed by atoms with Gasteiger partial charge < -0.3 is 19.3 Å². The fraction of sp³-hybridized carbons (Fsp3) is 0.857. The molecule has 0 aromatic rings. The summed E-state index contributed by atoms with van der Waals surface area (Å²) in [5.74, 6) is 0.291. The van der Waals surface area contributed by atoms with Crippen molar-refractivity contribution in [3.63, 3.8) is 0 Å². The van der Waals surface area contributed by atoms with E-state index < -0.39 is 0 Å². The van der Waals surface area contributed by atoms with Crippen molar-refractivity contribution in [2.45, 2.75) is 19.3 Å². The third kappa shape index (κ3) is 2.42. The fourth-order valence-electron chi connectivity index (χ4n) is 3.39. The van der Waals surface area contributed by atoms with Crippen molar-refractivity contribution in [3.8, 4) is 0 Å².